The predicted molar refractivity (Wildman–Crippen MR) is 48.8 cm³/mol. The molecular weight excluding hydrogens is 223 g/mol. The highest BCUT2D eigenvalue weighted by atomic mass is 31.2. The van der Waals surface area contributed by atoms with Crippen molar-refractivity contribution in [1.29, 1.82) is 0 Å². The number of rotatable bonds is 1. The summed E-state index contributed by atoms with van der Waals surface area (Å²) in [6.45, 7) is 1.89. The van der Waals surface area contributed by atoms with Crippen molar-refractivity contribution in [1.82, 2.24) is 0 Å². The molecule has 0 aromatic rings. The van der Waals surface area contributed by atoms with E-state index in [1.807, 2.05) is 0 Å². The standard InChI is InChI=1S/C8H11O6P/c1-5-7-6(3-12-8(7)9)4-13-15(10,11-2)14-5/h6H,3-4H2,1-2H3/t6-,15?/m1/s1. The van der Waals surface area contributed by atoms with Gasteiger partial charge in [-0.05, 0) is 6.92 Å². The van der Waals surface area contributed by atoms with Crippen LogP contribution in [0.4, 0.5) is 0 Å². The number of cyclic esters (lactones) is 1. The quantitative estimate of drug-likeness (QED) is 0.502. The van der Waals surface area contributed by atoms with Gasteiger partial charge < -0.3 is 9.26 Å². The highest BCUT2D eigenvalue weighted by Gasteiger charge is 2.41. The van der Waals surface area contributed by atoms with Gasteiger partial charge in [0.1, 0.15) is 12.4 Å². The van der Waals surface area contributed by atoms with Crippen molar-refractivity contribution in [2.75, 3.05) is 20.3 Å². The molecule has 0 aliphatic carbocycles. The summed E-state index contributed by atoms with van der Waals surface area (Å²) >= 11 is 0. The molecule has 2 aliphatic heterocycles. The molecule has 1 unspecified atom stereocenters. The van der Waals surface area contributed by atoms with Gasteiger partial charge in [-0.15, -0.1) is 0 Å². The summed E-state index contributed by atoms with van der Waals surface area (Å²) in [6.07, 6.45) is 0. The number of carbonyl (C=O) groups is 1. The third-order valence-electron chi connectivity index (χ3n) is 2.33. The SMILES string of the molecule is COP1(=O)OC[C@H]2COC(=O)C2=C(C)O1. The van der Waals surface area contributed by atoms with E-state index in [4.69, 9.17) is 13.8 Å². The van der Waals surface area contributed by atoms with Crippen LogP contribution in [0.3, 0.4) is 0 Å². The van der Waals surface area contributed by atoms with Crippen molar-refractivity contribution in [2.45, 2.75) is 6.92 Å². The zero-order valence-corrected chi connectivity index (χ0v) is 9.28. The lowest BCUT2D eigenvalue weighted by Crippen LogP contribution is -2.09. The Bertz CT molecular complexity index is 373. The summed E-state index contributed by atoms with van der Waals surface area (Å²) in [5, 5.41) is 0. The van der Waals surface area contributed by atoms with Crippen LogP contribution in [0.15, 0.2) is 11.3 Å². The second-order valence-electron chi connectivity index (χ2n) is 3.28. The van der Waals surface area contributed by atoms with Crippen LogP contribution >= 0.6 is 7.82 Å². The Labute approximate surface area is 86.8 Å². The number of allylic oxidation sites excluding steroid dienone is 1. The molecule has 2 heterocycles. The first-order valence-corrected chi connectivity index (χ1v) is 5.89. The van der Waals surface area contributed by atoms with Crippen LogP contribution in [-0.4, -0.2) is 26.3 Å². The first-order chi connectivity index (χ1) is 7.06. The smallest absolute Gasteiger partial charge is 0.461 e. The van der Waals surface area contributed by atoms with Gasteiger partial charge in [-0.2, -0.15) is 0 Å². The fourth-order valence-corrected chi connectivity index (χ4v) is 2.61. The predicted octanol–water partition coefficient (Wildman–Crippen LogP) is 1.23. The van der Waals surface area contributed by atoms with Gasteiger partial charge in [0.2, 0.25) is 0 Å². The number of esters is 1. The largest absolute Gasteiger partial charge is 0.529 e. The summed E-state index contributed by atoms with van der Waals surface area (Å²) in [5.41, 5.74) is 0.393. The second-order valence-corrected chi connectivity index (χ2v) is 4.98. The van der Waals surface area contributed by atoms with Gasteiger partial charge in [-0.1, -0.05) is 0 Å². The molecule has 2 rings (SSSR count). The molecule has 0 bridgehead atoms. The van der Waals surface area contributed by atoms with Crippen molar-refractivity contribution in [3.63, 3.8) is 0 Å². The molecule has 0 spiro atoms. The molecule has 1 fully saturated rings. The highest BCUT2D eigenvalue weighted by molar-refractivity contribution is 7.48. The first kappa shape index (κ1) is 10.7. The molecule has 0 radical (unpaired) electrons. The zero-order valence-electron chi connectivity index (χ0n) is 8.39. The lowest BCUT2D eigenvalue weighted by atomic mass is 10.0. The maximum absolute atomic E-state index is 11.7. The van der Waals surface area contributed by atoms with Gasteiger partial charge in [-0.25, -0.2) is 9.36 Å². The summed E-state index contributed by atoms with van der Waals surface area (Å²) in [4.78, 5) is 11.3. The van der Waals surface area contributed by atoms with Crippen LogP contribution in [0.25, 0.3) is 0 Å². The molecule has 1 saturated heterocycles. The molecule has 6 nitrogen and oxygen atoms in total. The topological polar surface area (TPSA) is 71.1 Å². The molecule has 0 aromatic carbocycles. The second kappa shape index (κ2) is 3.63. The Morgan fingerprint density at radius 3 is 2.87 bits per heavy atom. The average Bonchev–Trinajstić information content (AvgIpc) is 2.50. The van der Waals surface area contributed by atoms with Crippen LogP contribution in [0, 0.1) is 5.92 Å². The molecule has 0 N–H and O–H groups in total. The molecule has 84 valence electrons. The first-order valence-electron chi connectivity index (χ1n) is 4.43. The molecule has 15 heavy (non-hydrogen) atoms. The maximum atomic E-state index is 11.7. The third kappa shape index (κ3) is 1.80. The number of phosphoric acid groups is 1. The Kier molecular flexibility index (Phi) is 2.58. The number of hydrogen-bond donors (Lipinski definition) is 0. The van der Waals surface area contributed by atoms with Crippen molar-refractivity contribution in [2.24, 2.45) is 5.92 Å². The number of hydrogen-bond acceptors (Lipinski definition) is 6. The van der Waals surface area contributed by atoms with Gasteiger partial charge in [0, 0.05) is 7.11 Å². The summed E-state index contributed by atoms with van der Waals surface area (Å²) in [5.74, 6) is -0.403. The summed E-state index contributed by atoms with van der Waals surface area (Å²) in [6, 6.07) is 0. The van der Waals surface area contributed by atoms with E-state index in [1.165, 1.54) is 7.11 Å². The van der Waals surface area contributed by atoms with Gasteiger partial charge in [-0.3, -0.25) is 9.05 Å². The van der Waals surface area contributed by atoms with E-state index >= 15 is 0 Å². The van der Waals surface area contributed by atoms with Crippen LogP contribution < -0.4 is 0 Å². The maximum Gasteiger partial charge on any atom is 0.529 e. The molecule has 2 aliphatic rings. The minimum absolute atomic E-state index is 0.101. The van der Waals surface area contributed by atoms with Crippen molar-refractivity contribution < 1.29 is 27.7 Å². The van der Waals surface area contributed by atoms with Crippen molar-refractivity contribution in [3.8, 4) is 0 Å². The molecule has 0 aromatic heterocycles. The lowest BCUT2D eigenvalue weighted by molar-refractivity contribution is -0.135. The van der Waals surface area contributed by atoms with Gasteiger partial charge in [0.25, 0.3) is 0 Å². The number of carbonyl (C=O) groups excluding carboxylic acids is 1. The van der Waals surface area contributed by atoms with E-state index in [1.54, 1.807) is 6.92 Å². The number of fused-ring (bicyclic) bond motifs is 1. The van der Waals surface area contributed by atoms with E-state index in [9.17, 15) is 9.36 Å². The van der Waals surface area contributed by atoms with Gasteiger partial charge >= 0.3 is 13.8 Å². The Morgan fingerprint density at radius 2 is 2.20 bits per heavy atom. The van der Waals surface area contributed by atoms with E-state index in [0.717, 1.165) is 0 Å². The fourth-order valence-electron chi connectivity index (χ4n) is 1.58. The lowest BCUT2D eigenvalue weighted by Gasteiger charge is -2.14. The van der Waals surface area contributed by atoms with Crippen LogP contribution in [0.5, 0.6) is 0 Å². The third-order valence-corrected chi connectivity index (χ3v) is 3.74. The van der Waals surface area contributed by atoms with E-state index in [-0.39, 0.29) is 24.9 Å². The number of ether oxygens (including phenoxy) is 1. The summed E-state index contributed by atoms with van der Waals surface area (Å²) in [7, 11) is -2.31. The van der Waals surface area contributed by atoms with Crippen LogP contribution in [0.2, 0.25) is 0 Å². The summed E-state index contributed by atoms with van der Waals surface area (Å²) < 4.78 is 31.2. The monoisotopic (exact) mass is 234 g/mol. The minimum Gasteiger partial charge on any atom is -0.461 e. The Balaban J connectivity index is 2.35. The Morgan fingerprint density at radius 1 is 1.47 bits per heavy atom. The highest BCUT2D eigenvalue weighted by Crippen LogP contribution is 2.54. The molecule has 0 saturated carbocycles. The minimum atomic E-state index is -3.54. The number of phosphoric ester groups is 1. The average molecular weight is 234 g/mol. The van der Waals surface area contributed by atoms with Gasteiger partial charge in [0.15, 0.2) is 0 Å². The normalized spacial score (nSPS) is 35.6. The van der Waals surface area contributed by atoms with Crippen LogP contribution in [-0.2, 0) is 27.7 Å². The Hall–Kier alpha value is -0.840. The zero-order chi connectivity index (χ0) is 11.1. The molecule has 0 amide bonds. The fraction of sp³-hybridized carbons (Fsp3) is 0.625. The van der Waals surface area contributed by atoms with E-state index in [0.29, 0.717) is 5.57 Å². The molecular formula is C8H11O6P. The molecule has 7 heteroatoms. The van der Waals surface area contributed by atoms with Crippen molar-refractivity contribution >= 4 is 13.8 Å². The van der Waals surface area contributed by atoms with Crippen molar-refractivity contribution in [3.05, 3.63) is 11.3 Å². The molecule has 2 atom stereocenters. The van der Waals surface area contributed by atoms with E-state index < -0.39 is 13.8 Å². The van der Waals surface area contributed by atoms with Crippen LogP contribution in [0.1, 0.15) is 6.92 Å². The van der Waals surface area contributed by atoms with E-state index in [2.05, 4.69) is 4.52 Å². The van der Waals surface area contributed by atoms with Gasteiger partial charge in [0.05, 0.1) is 18.1 Å².